The molecule has 0 fully saturated rings. The van der Waals surface area contributed by atoms with E-state index in [1.54, 1.807) is 18.7 Å². The lowest BCUT2D eigenvalue weighted by molar-refractivity contribution is 0.560. The molecule has 2 aromatic rings. The molecule has 0 aliphatic heterocycles. The SMILES string of the molecule is NC(Cc1ccoc1)c1ccncn1. The van der Waals surface area contributed by atoms with E-state index in [4.69, 9.17) is 10.2 Å². The topological polar surface area (TPSA) is 64.9 Å². The van der Waals surface area contributed by atoms with Crippen LogP contribution in [0.2, 0.25) is 0 Å². The maximum absolute atomic E-state index is 5.95. The van der Waals surface area contributed by atoms with E-state index in [-0.39, 0.29) is 6.04 Å². The van der Waals surface area contributed by atoms with Gasteiger partial charge in [-0.05, 0) is 24.1 Å². The largest absolute Gasteiger partial charge is 0.472 e. The van der Waals surface area contributed by atoms with Crippen LogP contribution in [0.4, 0.5) is 0 Å². The summed E-state index contributed by atoms with van der Waals surface area (Å²) >= 11 is 0. The van der Waals surface area contributed by atoms with Crippen molar-refractivity contribution < 1.29 is 4.42 Å². The van der Waals surface area contributed by atoms with Gasteiger partial charge in [0.2, 0.25) is 0 Å². The minimum absolute atomic E-state index is 0.101. The summed E-state index contributed by atoms with van der Waals surface area (Å²) in [5.74, 6) is 0. The Balaban J connectivity index is 2.07. The Morgan fingerprint density at radius 2 is 2.36 bits per heavy atom. The molecule has 2 aromatic heterocycles. The molecule has 0 aliphatic carbocycles. The lowest BCUT2D eigenvalue weighted by Crippen LogP contribution is -2.14. The number of hydrogen-bond acceptors (Lipinski definition) is 4. The van der Waals surface area contributed by atoms with Gasteiger partial charge in [0.15, 0.2) is 0 Å². The molecule has 2 rings (SSSR count). The molecule has 0 saturated heterocycles. The smallest absolute Gasteiger partial charge is 0.115 e. The fraction of sp³-hybridized carbons (Fsp3) is 0.200. The molecule has 2 heterocycles. The Morgan fingerprint density at radius 3 is 3.00 bits per heavy atom. The van der Waals surface area contributed by atoms with Gasteiger partial charge >= 0.3 is 0 Å². The van der Waals surface area contributed by atoms with Crippen molar-refractivity contribution in [1.29, 1.82) is 0 Å². The number of nitrogens with zero attached hydrogens (tertiary/aromatic N) is 2. The molecule has 0 bridgehead atoms. The fourth-order valence-corrected chi connectivity index (χ4v) is 1.29. The Kier molecular flexibility index (Phi) is 2.55. The van der Waals surface area contributed by atoms with Crippen LogP contribution in [0.15, 0.2) is 41.6 Å². The van der Waals surface area contributed by atoms with E-state index >= 15 is 0 Å². The van der Waals surface area contributed by atoms with Crippen molar-refractivity contribution in [3.05, 3.63) is 48.4 Å². The van der Waals surface area contributed by atoms with Crippen molar-refractivity contribution >= 4 is 0 Å². The molecule has 1 atom stereocenters. The van der Waals surface area contributed by atoms with Gasteiger partial charge in [-0.1, -0.05) is 0 Å². The zero-order chi connectivity index (χ0) is 9.80. The predicted molar refractivity (Wildman–Crippen MR) is 51.4 cm³/mol. The van der Waals surface area contributed by atoms with E-state index < -0.39 is 0 Å². The molecule has 72 valence electrons. The zero-order valence-electron chi connectivity index (χ0n) is 7.63. The second kappa shape index (κ2) is 4.02. The first kappa shape index (κ1) is 8.90. The van der Waals surface area contributed by atoms with Gasteiger partial charge in [-0.25, -0.2) is 9.97 Å². The molecule has 0 aromatic carbocycles. The number of aromatic nitrogens is 2. The van der Waals surface area contributed by atoms with E-state index in [1.807, 2.05) is 12.1 Å². The summed E-state index contributed by atoms with van der Waals surface area (Å²) < 4.78 is 4.96. The van der Waals surface area contributed by atoms with Gasteiger partial charge in [0.1, 0.15) is 6.33 Å². The van der Waals surface area contributed by atoms with Crippen molar-refractivity contribution in [2.24, 2.45) is 5.73 Å². The Hall–Kier alpha value is -1.68. The first-order valence-electron chi connectivity index (χ1n) is 4.39. The number of rotatable bonds is 3. The molecule has 4 heteroatoms. The number of hydrogen-bond donors (Lipinski definition) is 1. The summed E-state index contributed by atoms with van der Waals surface area (Å²) in [4.78, 5) is 7.93. The molecule has 0 amide bonds. The second-order valence-corrected chi connectivity index (χ2v) is 3.08. The average molecular weight is 189 g/mol. The van der Waals surface area contributed by atoms with Gasteiger partial charge in [0.25, 0.3) is 0 Å². The van der Waals surface area contributed by atoms with Gasteiger partial charge in [0, 0.05) is 6.20 Å². The van der Waals surface area contributed by atoms with Gasteiger partial charge < -0.3 is 10.2 Å². The molecular weight excluding hydrogens is 178 g/mol. The lowest BCUT2D eigenvalue weighted by atomic mass is 10.1. The highest BCUT2D eigenvalue weighted by Gasteiger charge is 2.08. The highest BCUT2D eigenvalue weighted by molar-refractivity contribution is 5.12. The predicted octanol–water partition coefficient (Wildman–Crippen LogP) is 1.31. The van der Waals surface area contributed by atoms with Crippen LogP contribution in [0, 0.1) is 0 Å². The van der Waals surface area contributed by atoms with Gasteiger partial charge in [0.05, 0.1) is 24.3 Å². The standard InChI is InChI=1S/C10H11N3O/c11-9(5-8-2-4-14-6-8)10-1-3-12-7-13-10/h1-4,6-7,9H,5,11H2. The fourth-order valence-electron chi connectivity index (χ4n) is 1.29. The van der Waals surface area contributed by atoms with E-state index in [0.29, 0.717) is 0 Å². The van der Waals surface area contributed by atoms with E-state index in [2.05, 4.69) is 9.97 Å². The third-order valence-corrected chi connectivity index (χ3v) is 2.02. The van der Waals surface area contributed by atoms with Crippen LogP contribution < -0.4 is 5.73 Å². The summed E-state index contributed by atoms with van der Waals surface area (Å²) in [5, 5.41) is 0. The summed E-state index contributed by atoms with van der Waals surface area (Å²) in [7, 11) is 0. The van der Waals surface area contributed by atoms with Crippen LogP contribution in [0.25, 0.3) is 0 Å². The minimum atomic E-state index is -0.101. The average Bonchev–Trinajstić information content (AvgIpc) is 2.72. The summed E-state index contributed by atoms with van der Waals surface area (Å²) in [5.41, 5.74) is 7.88. The molecule has 4 nitrogen and oxygen atoms in total. The highest BCUT2D eigenvalue weighted by atomic mass is 16.3. The third kappa shape index (κ3) is 1.97. The second-order valence-electron chi connectivity index (χ2n) is 3.08. The maximum Gasteiger partial charge on any atom is 0.115 e. The van der Waals surface area contributed by atoms with Gasteiger partial charge in [-0.15, -0.1) is 0 Å². The van der Waals surface area contributed by atoms with Crippen molar-refractivity contribution in [1.82, 2.24) is 9.97 Å². The third-order valence-electron chi connectivity index (χ3n) is 2.02. The Bertz CT molecular complexity index is 372. The molecule has 14 heavy (non-hydrogen) atoms. The van der Waals surface area contributed by atoms with Crippen LogP contribution in [-0.4, -0.2) is 9.97 Å². The van der Waals surface area contributed by atoms with Crippen LogP contribution in [0.1, 0.15) is 17.3 Å². The quantitative estimate of drug-likeness (QED) is 0.790. The summed E-state index contributed by atoms with van der Waals surface area (Å²) in [6.07, 6.45) is 7.26. The van der Waals surface area contributed by atoms with E-state index in [9.17, 15) is 0 Å². The maximum atomic E-state index is 5.95. The molecule has 0 radical (unpaired) electrons. The van der Waals surface area contributed by atoms with Crippen LogP contribution in [0.3, 0.4) is 0 Å². The molecule has 2 N–H and O–H groups in total. The first-order chi connectivity index (χ1) is 6.86. The number of nitrogens with two attached hydrogens (primary N) is 1. The molecule has 0 spiro atoms. The van der Waals surface area contributed by atoms with Crippen molar-refractivity contribution in [3.8, 4) is 0 Å². The van der Waals surface area contributed by atoms with Gasteiger partial charge in [-0.3, -0.25) is 0 Å². The summed E-state index contributed by atoms with van der Waals surface area (Å²) in [6, 6.07) is 3.63. The number of furan rings is 1. The first-order valence-corrected chi connectivity index (χ1v) is 4.39. The summed E-state index contributed by atoms with van der Waals surface area (Å²) in [6.45, 7) is 0. The lowest BCUT2D eigenvalue weighted by Gasteiger charge is -2.08. The molecular formula is C10H11N3O. The zero-order valence-corrected chi connectivity index (χ0v) is 7.63. The van der Waals surface area contributed by atoms with Crippen LogP contribution in [0.5, 0.6) is 0 Å². The van der Waals surface area contributed by atoms with Crippen molar-refractivity contribution in [2.45, 2.75) is 12.5 Å². The van der Waals surface area contributed by atoms with Crippen LogP contribution >= 0.6 is 0 Å². The van der Waals surface area contributed by atoms with Gasteiger partial charge in [-0.2, -0.15) is 0 Å². The van der Waals surface area contributed by atoms with Crippen molar-refractivity contribution in [3.63, 3.8) is 0 Å². The highest BCUT2D eigenvalue weighted by Crippen LogP contribution is 2.13. The van der Waals surface area contributed by atoms with E-state index in [0.717, 1.165) is 17.7 Å². The Labute approximate surface area is 81.8 Å². The monoisotopic (exact) mass is 189 g/mol. The van der Waals surface area contributed by atoms with E-state index in [1.165, 1.54) is 6.33 Å². The molecule has 0 aliphatic rings. The van der Waals surface area contributed by atoms with Crippen LogP contribution in [-0.2, 0) is 6.42 Å². The Morgan fingerprint density at radius 1 is 1.43 bits per heavy atom. The minimum Gasteiger partial charge on any atom is -0.472 e. The van der Waals surface area contributed by atoms with Crippen molar-refractivity contribution in [2.75, 3.05) is 0 Å². The molecule has 0 saturated carbocycles. The normalized spacial score (nSPS) is 12.6. The molecule has 1 unspecified atom stereocenters.